The average Bonchev–Trinajstić information content (AvgIpc) is 2.88. The van der Waals surface area contributed by atoms with Crippen molar-refractivity contribution in [3.05, 3.63) is 23.8 Å². The van der Waals surface area contributed by atoms with Gasteiger partial charge in [-0.3, -0.25) is 0 Å². The van der Waals surface area contributed by atoms with Gasteiger partial charge in [-0.25, -0.2) is 0 Å². The number of ether oxygens (including phenoxy) is 2. The lowest BCUT2D eigenvalue weighted by atomic mass is 10.0. The summed E-state index contributed by atoms with van der Waals surface area (Å²) in [6, 6.07) is 6.12. The molecule has 0 saturated carbocycles. The Hall–Kier alpha value is -1.26. The van der Waals surface area contributed by atoms with Crippen molar-refractivity contribution in [1.82, 2.24) is 5.32 Å². The molecule has 2 aliphatic rings. The zero-order valence-corrected chi connectivity index (χ0v) is 8.98. The van der Waals surface area contributed by atoms with Crippen LogP contribution in [0.25, 0.3) is 0 Å². The summed E-state index contributed by atoms with van der Waals surface area (Å²) in [6.45, 7) is 1.21. The van der Waals surface area contributed by atoms with Gasteiger partial charge in [0.05, 0.1) is 6.10 Å². The van der Waals surface area contributed by atoms with Crippen molar-refractivity contribution in [2.24, 2.45) is 0 Å². The molecular weight excluding hydrogens is 206 g/mol. The van der Waals surface area contributed by atoms with Crippen molar-refractivity contribution in [2.75, 3.05) is 13.3 Å². The van der Waals surface area contributed by atoms with Crippen LogP contribution in [-0.4, -0.2) is 30.6 Å². The number of benzene rings is 1. The van der Waals surface area contributed by atoms with Crippen molar-refractivity contribution >= 4 is 0 Å². The second-order valence-corrected chi connectivity index (χ2v) is 4.31. The number of rotatable bonds is 2. The maximum absolute atomic E-state index is 9.73. The Bertz CT molecular complexity index is 394. The van der Waals surface area contributed by atoms with E-state index in [0.29, 0.717) is 6.79 Å². The molecule has 4 heteroatoms. The van der Waals surface area contributed by atoms with Gasteiger partial charge in [0.2, 0.25) is 6.79 Å². The number of nitrogens with one attached hydrogen (secondary N) is 1. The lowest BCUT2D eigenvalue weighted by molar-refractivity contribution is 0.159. The fraction of sp³-hybridized carbons (Fsp3) is 0.500. The van der Waals surface area contributed by atoms with E-state index in [4.69, 9.17) is 9.47 Å². The first-order valence-corrected chi connectivity index (χ1v) is 5.63. The topological polar surface area (TPSA) is 50.7 Å². The summed E-state index contributed by atoms with van der Waals surface area (Å²) in [5.74, 6) is 1.62. The molecule has 0 amide bonds. The summed E-state index contributed by atoms with van der Waals surface area (Å²) in [6.07, 6.45) is 1.44. The molecule has 16 heavy (non-hydrogen) atoms. The molecule has 1 aromatic rings. The average molecular weight is 221 g/mol. The Morgan fingerprint density at radius 1 is 1.31 bits per heavy atom. The molecule has 2 unspecified atom stereocenters. The monoisotopic (exact) mass is 221 g/mol. The maximum Gasteiger partial charge on any atom is 0.231 e. The minimum absolute atomic E-state index is 0.167. The Morgan fingerprint density at radius 3 is 3.00 bits per heavy atom. The van der Waals surface area contributed by atoms with Gasteiger partial charge in [-0.2, -0.15) is 0 Å². The summed E-state index contributed by atoms with van der Waals surface area (Å²) in [5, 5.41) is 13.0. The van der Waals surface area contributed by atoms with Crippen LogP contribution in [0.5, 0.6) is 11.5 Å². The first-order valence-electron chi connectivity index (χ1n) is 5.63. The van der Waals surface area contributed by atoms with Crippen LogP contribution in [0, 0.1) is 0 Å². The molecule has 0 radical (unpaired) electrons. The predicted molar refractivity (Wildman–Crippen MR) is 58.7 cm³/mol. The van der Waals surface area contributed by atoms with E-state index in [0.717, 1.165) is 30.9 Å². The fourth-order valence-corrected chi connectivity index (χ4v) is 2.28. The van der Waals surface area contributed by atoms with Crippen LogP contribution >= 0.6 is 0 Å². The Balaban J connectivity index is 1.75. The zero-order valence-electron chi connectivity index (χ0n) is 8.98. The van der Waals surface area contributed by atoms with Crippen LogP contribution in [0.3, 0.4) is 0 Å². The van der Waals surface area contributed by atoms with Gasteiger partial charge >= 0.3 is 0 Å². The standard InChI is InChI=1S/C12H15NO3/c14-10-3-4-13-9(10)5-8-1-2-11-12(6-8)16-7-15-11/h1-2,6,9-10,13-14H,3-5,7H2. The lowest BCUT2D eigenvalue weighted by Crippen LogP contribution is -2.32. The predicted octanol–water partition coefficient (Wildman–Crippen LogP) is 0.681. The van der Waals surface area contributed by atoms with Gasteiger partial charge in [-0.05, 0) is 37.1 Å². The minimum Gasteiger partial charge on any atom is -0.454 e. The van der Waals surface area contributed by atoms with Gasteiger partial charge in [0, 0.05) is 6.04 Å². The van der Waals surface area contributed by atoms with Crippen molar-refractivity contribution in [3.63, 3.8) is 0 Å². The molecule has 0 aromatic heterocycles. The van der Waals surface area contributed by atoms with Crippen molar-refractivity contribution in [2.45, 2.75) is 25.0 Å². The molecular formula is C12H15NO3. The molecule has 0 bridgehead atoms. The van der Waals surface area contributed by atoms with Gasteiger partial charge in [0.25, 0.3) is 0 Å². The largest absolute Gasteiger partial charge is 0.454 e. The van der Waals surface area contributed by atoms with E-state index >= 15 is 0 Å². The molecule has 2 aliphatic heterocycles. The SMILES string of the molecule is OC1CCNC1Cc1ccc2c(c1)OCO2. The summed E-state index contributed by atoms with van der Waals surface area (Å²) < 4.78 is 10.6. The molecule has 86 valence electrons. The van der Waals surface area contributed by atoms with Crippen molar-refractivity contribution < 1.29 is 14.6 Å². The van der Waals surface area contributed by atoms with E-state index in [1.54, 1.807) is 0 Å². The molecule has 1 aromatic carbocycles. The van der Waals surface area contributed by atoms with E-state index in [-0.39, 0.29) is 12.1 Å². The molecule has 2 heterocycles. The van der Waals surface area contributed by atoms with Gasteiger partial charge in [-0.1, -0.05) is 6.07 Å². The Morgan fingerprint density at radius 2 is 2.19 bits per heavy atom. The van der Waals surface area contributed by atoms with Gasteiger partial charge in [-0.15, -0.1) is 0 Å². The minimum atomic E-state index is -0.231. The van der Waals surface area contributed by atoms with Crippen LogP contribution < -0.4 is 14.8 Å². The van der Waals surface area contributed by atoms with Crippen LogP contribution in [0.15, 0.2) is 18.2 Å². The molecule has 1 fully saturated rings. The van der Waals surface area contributed by atoms with Crippen LogP contribution in [-0.2, 0) is 6.42 Å². The highest BCUT2D eigenvalue weighted by atomic mass is 16.7. The van der Waals surface area contributed by atoms with Crippen LogP contribution in [0.2, 0.25) is 0 Å². The van der Waals surface area contributed by atoms with E-state index in [2.05, 4.69) is 5.32 Å². The second kappa shape index (κ2) is 3.96. The summed E-state index contributed by atoms with van der Waals surface area (Å²) in [7, 11) is 0. The first kappa shape index (κ1) is 9.93. The van der Waals surface area contributed by atoms with Crippen molar-refractivity contribution in [3.8, 4) is 11.5 Å². The number of hydrogen-bond acceptors (Lipinski definition) is 4. The zero-order chi connectivity index (χ0) is 11.0. The Labute approximate surface area is 94.2 Å². The summed E-state index contributed by atoms with van der Waals surface area (Å²) >= 11 is 0. The highest BCUT2D eigenvalue weighted by molar-refractivity contribution is 5.44. The van der Waals surface area contributed by atoms with Crippen LogP contribution in [0.4, 0.5) is 0 Å². The molecule has 2 atom stereocenters. The molecule has 0 spiro atoms. The van der Waals surface area contributed by atoms with Gasteiger partial charge in [0.15, 0.2) is 11.5 Å². The van der Waals surface area contributed by atoms with E-state index < -0.39 is 0 Å². The molecule has 0 aliphatic carbocycles. The van der Waals surface area contributed by atoms with Gasteiger partial charge in [0.1, 0.15) is 0 Å². The van der Waals surface area contributed by atoms with Gasteiger partial charge < -0.3 is 19.9 Å². The second-order valence-electron chi connectivity index (χ2n) is 4.31. The van der Waals surface area contributed by atoms with E-state index in [9.17, 15) is 5.11 Å². The third kappa shape index (κ3) is 1.74. The molecule has 4 nitrogen and oxygen atoms in total. The maximum atomic E-state index is 9.73. The third-order valence-electron chi connectivity index (χ3n) is 3.20. The highest BCUT2D eigenvalue weighted by Gasteiger charge is 2.25. The number of fused-ring (bicyclic) bond motifs is 1. The molecule has 3 rings (SSSR count). The third-order valence-corrected chi connectivity index (χ3v) is 3.20. The fourth-order valence-electron chi connectivity index (χ4n) is 2.28. The number of aliphatic hydroxyl groups is 1. The quantitative estimate of drug-likeness (QED) is 0.771. The molecule has 1 saturated heterocycles. The Kier molecular flexibility index (Phi) is 2.46. The van der Waals surface area contributed by atoms with E-state index in [1.807, 2.05) is 18.2 Å². The summed E-state index contributed by atoms with van der Waals surface area (Å²) in [4.78, 5) is 0. The van der Waals surface area contributed by atoms with Crippen LogP contribution in [0.1, 0.15) is 12.0 Å². The van der Waals surface area contributed by atoms with Crippen molar-refractivity contribution in [1.29, 1.82) is 0 Å². The first-order chi connectivity index (χ1) is 7.83. The van der Waals surface area contributed by atoms with E-state index in [1.165, 1.54) is 5.56 Å². The number of hydrogen-bond donors (Lipinski definition) is 2. The summed E-state index contributed by atoms with van der Waals surface area (Å²) in [5.41, 5.74) is 1.17. The normalized spacial score (nSPS) is 27.3. The highest BCUT2D eigenvalue weighted by Crippen LogP contribution is 2.33. The smallest absolute Gasteiger partial charge is 0.231 e. The number of aliphatic hydroxyl groups excluding tert-OH is 1. The molecule has 2 N–H and O–H groups in total. The lowest BCUT2D eigenvalue weighted by Gasteiger charge is -2.14.